The van der Waals surface area contributed by atoms with E-state index in [1.165, 1.54) is 11.1 Å². The third-order valence-electron chi connectivity index (χ3n) is 3.40. The molecular formula is C17H23N3. The van der Waals surface area contributed by atoms with Crippen molar-refractivity contribution >= 4 is 5.95 Å². The summed E-state index contributed by atoms with van der Waals surface area (Å²) in [6.45, 7) is 9.26. The maximum absolute atomic E-state index is 4.58. The molecule has 1 N–H and O–H groups in total. The van der Waals surface area contributed by atoms with Gasteiger partial charge in [-0.2, -0.15) is 0 Å². The monoisotopic (exact) mass is 269 g/mol. The smallest absolute Gasteiger partial charge is 0.223 e. The second-order valence-corrected chi connectivity index (χ2v) is 5.39. The van der Waals surface area contributed by atoms with Crippen molar-refractivity contribution in [3.8, 4) is 0 Å². The van der Waals surface area contributed by atoms with Gasteiger partial charge in [-0.3, -0.25) is 0 Å². The normalized spacial score (nSPS) is 10.8. The molecule has 0 saturated heterocycles. The molecule has 20 heavy (non-hydrogen) atoms. The van der Waals surface area contributed by atoms with Crippen molar-refractivity contribution in [3.63, 3.8) is 0 Å². The molecule has 106 valence electrons. The molecule has 1 heterocycles. The first kappa shape index (κ1) is 14.5. The van der Waals surface area contributed by atoms with Gasteiger partial charge in [0.05, 0.1) is 0 Å². The molecule has 0 saturated carbocycles. The van der Waals surface area contributed by atoms with Gasteiger partial charge >= 0.3 is 0 Å². The van der Waals surface area contributed by atoms with Crippen molar-refractivity contribution in [2.45, 2.75) is 46.6 Å². The van der Waals surface area contributed by atoms with E-state index in [0.717, 1.165) is 30.3 Å². The molecule has 0 fully saturated rings. The minimum absolute atomic E-state index is 0.417. The predicted molar refractivity (Wildman–Crippen MR) is 84.0 cm³/mol. The highest BCUT2D eigenvalue weighted by atomic mass is 15.1. The van der Waals surface area contributed by atoms with Gasteiger partial charge in [-0.15, -0.1) is 0 Å². The van der Waals surface area contributed by atoms with Crippen LogP contribution in [0.2, 0.25) is 0 Å². The summed E-state index contributed by atoms with van der Waals surface area (Å²) in [6, 6.07) is 10.5. The number of rotatable bonds is 5. The van der Waals surface area contributed by atoms with E-state index in [4.69, 9.17) is 0 Å². The number of aryl methyl sites for hydroxylation is 2. The van der Waals surface area contributed by atoms with Crippen molar-refractivity contribution in [3.05, 3.63) is 52.8 Å². The maximum Gasteiger partial charge on any atom is 0.223 e. The second-order valence-electron chi connectivity index (χ2n) is 5.39. The summed E-state index contributed by atoms with van der Waals surface area (Å²) in [6.07, 6.45) is 1.05. The van der Waals surface area contributed by atoms with Gasteiger partial charge in [0.1, 0.15) is 0 Å². The van der Waals surface area contributed by atoms with E-state index in [-0.39, 0.29) is 0 Å². The Morgan fingerprint density at radius 1 is 1.10 bits per heavy atom. The fourth-order valence-corrected chi connectivity index (χ4v) is 2.22. The van der Waals surface area contributed by atoms with Gasteiger partial charge in [-0.05, 0) is 36.5 Å². The molecule has 0 bridgehead atoms. The van der Waals surface area contributed by atoms with Gasteiger partial charge in [0.25, 0.3) is 0 Å². The van der Waals surface area contributed by atoms with Crippen LogP contribution in [0.15, 0.2) is 30.3 Å². The number of aromatic nitrogens is 2. The van der Waals surface area contributed by atoms with E-state index in [1.54, 1.807) is 0 Å². The summed E-state index contributed by atoms with van der Waals surface area (Å²) in [4.78, 5) is 9.05. The lowest BCUT2D eigenvalue weighted by Gasteiger charge is -2.12. The van der Waals surface area contributed by atoms with Crippen LogP contribution in [0.5, 0.6) is 0 Å². The van der Waals surface area contributed by atoms with Crippen molar-refractivity contribution < 1.29 is 0 Å². The van der Waals surface area contributed by atoms with Crippen molar-refractivity contribution in [2.24, 2.45) is 0 Å². The van der Waals surface area contributed by atoms with Gasteiger partial charge in [0.15, 0.2) is 0 Å². The summed E-state index contributed by atoms with van der Waals surface area (Å²) in [5.74, 6) is 1.14. The van der Waals surface area contributed by atoms with E-state index in [2.05, 4.69) is 66.4 Å². The molecule has 0 aliphatic rings. The molecule has 3 heteroatoms. The Morgan fingerprint density at radius 2 is 1.80 bits per heavy atom. The summed E-state index contributed by atoms with van der Waals surface area (Å²) in [5, 5.41) is 3.35. The Bertz CT molecular complexity index is 576. The molecule has 0 aliphatic carbocycles. The first-order chi connectivity index (χ1) is 9.60. The number of nitrogens with one attached hydrogen (secondary N) is 1. The average Bonchev–Trinajstić information content (AvgIpc) is 2.44. The van der Waals surface area contributed by atoms with Crippen LogP contribution in [0.25, 0.3) is 0 Å². The molecule has 2 aromatic rings. The zero-order valence-electron chi connectivity index (χ0n) is 12.8. The third kappa shape index (κ3) is 3.56. The van der Waals surface area contributed by atoms with Crippen LogP contribution in [0.1, 0.15) is 49.2 Å². The summed E-state index contributed by atoms with van der Waals surface area (Å²) in [7, 11) is 0. The zero-order valence-corrected chi connectivity index (χ0v) is 12.8. The molecule has 0 aliphatic heterocycles. The Kier molecular flexibility index (Phi) is 4.72. The van der Waals surface area contributed by atoms with Crippen LogP contribution in [0.3, 0.4) is 0 Å². The summed E-state index contributed by atoms with van der Waals surface area (Å²) >= 11 is 0. The molecule has 1 aromatic heterocycles. The van der Waals surface area contributed by atoms with E-state index < -0.39 is 0 Å². The highest BCUT2D eigenvalue weighted by Crippen LogP contribution is 2.16. The Morgan fingerprint density at radius 3 is 2.45 bits per heavy atom. The van der Waals surface area contributed by atoms with Crippen molar-refractivity contribution in [1.29, 1.82) is 0 Å². The fourth-order valence-electron chi connectivity index (χ4n) is 2.22. The van der Waals surface area contributed by atoms with E-state index in [1.807, 2.05) is 6.92 Å². The molecule has 0 radical (unpaired) electrons. The van der Waals surface area contributed by atoms with Crippen LogP contribution >= 0.6 is 0 Å². The van der Waals surface area contributed by atoms with E-state index in [9.17, 15) is 0 Å². The lowest BCUT2D eigenvalue weighted by molar-refractivity contribution is 0.808. The van der Waals surface area contributed by atoms with Crippen LogP contribution in [-0.4, -0.2) is 9.97 Å². The largest absolute Gasteiger partial charge is 0.350 e. The van der Waals surface area contributed by atoms with Gasteiger partial charge in [-0.1, -0.05) is 45.0 Å². The predicted octanol–water partition coefficient (Wildman–Crippen LogP) is 4.08. The van der Waals surface area contributed by atoms with Crippen LogP contribution < -0.4 is 5.32 Å². The first-order valence-corrected chi connectivity index (χ1v) is 7.26. The molecule has 0 atom stereocenters. The highest BCUT2D eigenvalue weighted by Gasteiger charge is 2.06. The number of hydrogen-bond acceptors (Lipinski definition) is 3. The molecule has 0 unspecified atom stereocenters. The van der Waals surface area contributed by atoms with Gasteiger partial charge < -0.3 is 5.32 Å². The molecule has 0 spiro atoms. The minimum Gasteiger partial charge on any atom is -0.350 e. The topological polar surface area (TPSA) is 37.8 Å². The second kappa shape index (κ2) is 6.51. The van der Waals surface area contributed by atoms with Gasteiger partial charge in [0, 0.05) is 17.9 Å². The number of benzene rings is 1. The molecule has 3 nitrogen and oxygen atoms in total. The fraction of sp³-hybridized carbons (Fsp3) is 0.412. The average molecular weight is 269 g/mol. The SMILES string of the molecule is CCc1ccccc1CNc1nc(C)cc(C(C)C)n1. The summed E-state index contributed by atoms with van der Waals surface area (Å²) in [5.41, 5.74) is 4.78. The molecule has 0 amide bonds. The highest BCUT2D eigenvalue weighted by molar-refractivity contribution is 5.34. The zero-order chi connectivity index (χ0) is 14.5. The summed E-state index contributed by atoms with van der Waals surface area (Å²) < 4.78 is 0. The lowest BCUT2D eigenvalue weighted by atomic mass is 10.1. The number of hydrogen-bond donors (Lipinski definition) is 1. The third-order valence-corrected chi connectivity index (χ3v) is 3.40. The van der Waals surface area contributed by atoms with Crippen molar-refractivity contribution in [2.75, 3.05) is 5.32 Å². The van der Waals surface area contributed by atoms with Crippen LogP contribution in [0.4, 0.5) is 5.95 Å². The standard InChI is InChI=1S/C17H23N3/c1-5-14-8-6-7-9-15(14)11-18-17-19-13(4)10-16(20-17)12(2)3/h6-10,12H,5,11H2,1-4H3,(H,18,19,20). The molecule has 2 rings (SSSR count). The maximum atomic E-state index is 4.58. The quantitative estimate of drug-likeness (QED) is 0.888. The Balaban J connectivity index is 2.14. The molecule has 1 aromatic carbocycles. The Labute approximate surface area is 121 Å². The number of nitrogens with zero attached hydrogens (tertiary/aromatic N) is 2. The van der Waals surface area contributed by atoms with Crippen molar-refractivity contribution in [1.82, 2.24) is 9.97 Å². The molecular weight excluding hydrogens is 246 g/mol. The Hall–Kier alpha value is -1.90. The van der Waals surface area contributed by atoms with Gasteiger partial charge in [-0.25, -0.2) is 9.97 Å². The first-order valence-electron chi connectivity index (χ1n) is 7.26. The minimum atomic E-state index is 0.417. The van der Waals surface area contributed by atoms with Gasteiger partial charge in [0.2, 0.25) is 5.95 Å². The van der Waals surface area contributed by atoms with Crippen LogP contribution in [0, 0.1) is 6.92 Å². The van der Waals surface area contributed by atoms with E-state index >= 15 is 0 Å². The lowest BCUT2D eigenvalue weighted by Crippen LogP contribution is -2.08. The number of anilines is 1. The van der Waals surface area contributed by atoms with Crippen LogP contribution in [-0.2, 0) is 13.0 Å². The van der Waals surface area contributed by atoms with E-state index in [0.29, 0.717) is 5.92 Å².